The Balaban J connectivity index is 2.69. The molecule has 3 N–H and O–H groups in total. The van der Waals surface area contributed by atoms with E-state index in [1.165, 1.54) is 26.2 Å². The van der Waals surface area contributed by atoms with Crippen LogP contribution in [0.2, 0.25) is 0 Å². The second-order valence-electron chi connectivity index (χ2n) is 4.83. The van der Waals surface area contributed by atoms with Crippen LogP contribution in [0.15, 0.2) is 30.5 Å². The lowest BCUT2D eigenvalue weighted by Crippen LogP contribution is -2.27. The Kier molecular flexibility index (Phi) is 3.63. The van der Waals surface area contributed by atoms with Gasteiger partial charge >= 0.3 is 0 Å². The average Bonchev–Trinajstić information content (AvgIpc) is 2.40. The van der Waals surface area contributed by atoms with Crippen LogP contribution in [0, 0.1) is 12.7 Å². The van der Waals surface area contributed by atoms with Gasteiger partial charge in [0.25, 0.3) is 0 Å². The quantitative estimate of drug-likeness (QED) is 0.903. The second-order valence-corrected chi connectivity index (χ2v) is 4.83. The van der Waals surface area contributed by atoms with Crippen molar-refractivity contribution in [3.8, 4) is 5.75 Å². The molecule has 20 heavy (non-hydrogen) atoms. The van der Waals surface area contributed by atoms with E-state index >= 15 is 0 Å². The minimum atomic E-state index is -1.64. The number of aryl methyl sites for hydroxylation is 1. The van der Waals surface area contributed by atoms with Crippen LogP contribution < -0.4 is 10.5 Å². The highest BCUT2D eigenvalue weighted by Gasteiger charge is 2.34. The van der Waals surface area contributed by atoms with Crippen molar-refractivity contribution >= 4 is 5.82 Å². The topological polar surface area (TPSA) is 68.4 Å². The zero-order valence-electron chi connectivity index (χ0n) is 11.6. The van der Waals surface area contributed by atoms with Crippen LogP contribution in [-0.4, -0.2) is 17.2 Å². The fraction of sp³-hybridized carbons (Fsp3) is 0.267. The van der Waals surface area contributed by atoms with Gasteiger partial charge in [-0.2, -0.15) is 0 Å². The Hall–Kier alpha value is -2.14. The van der Waals surface area contributed by atoms with Gasteiger partial charge in [0.15, 0.2) is 0 Å². The molecule has 0 saturated heterocycles. The third-order valence-electron chi connectivity index (χ3n) is 3.26. The molecule has 0 bridgehead atoms. The van der Waals surface area contributed by atoms with Crippen LogP contribution in [-0.2, 0) is 5.60 Å². The number of pyridine rings is 1. The van der Waals surface area contributed by atoms with E-state index in [2.05, 4.69) is 4.98 Å². The summed E-state index contributed by atoms with van der Waals surface area (Å²) in [4.78, 5) is 4.01. The molecule has 1 atom stereocenters. The molecule has 2 rings (SSSR count). The number of nitrogens with zero attached hydrogens (tertiary/aromatic N) is 1. The number of halogens is 1. The Bertz CT molecular complexity index is 642. The van der Waals surface area contributed by atoms with Crippen molar-refractivity contribution in [3.63, 3.8) is 0 Å². The molecule has 106 valence electrons. The Morgan fingerprint density at radius 1 is 1.40 bits per heavy atom. The predicted molar refractivity (Wildman–Crippen MR) is 75.0 cm³/mol. The molecule has 0 aliphatic carbocycles. The maximum Gasteiger partial charge on any atom is 0.133 e. The fourth-order valence-corrected chi connectivity index (χ4v) is 2.25. The lowest BCUT2D eigenvalue weighted by molar-refractivity contribution is 0.0949. The third kappa shape index (κ3) is 2.32. The summed E-state index contributed by atoms with van der Waals surface area (Å²) in [5, 5.41) is 10.8. The van der Waals surface area contributed by atoms with E-state index in [4.69, 9.17) is 10.5 Å². The van der Waals surface area contributed by atoms with E-state index in [1.54, 1.807) is 18.3 Å². The monoisotopic (exact) mass is 276 g/mol. The van der Waals surface area contributed by atoms with Gasteiger partial charge in [-0.25, -0.2) is 9.37 Å². The van der Waals surface area contributed by atoms with Gasteiger partial charge in [-0.15, -0.1) is 0 Å². The van der Waals surface area contributed by atoms with Crippen LogP contribution in [0.3, 0.4) is 0 Å². The largest absolute Gasteiger partial charge is 0.496 e. The van der Waals surface area contributed by atoms with E-state index in [0.717, 1.165) is 5.56 Å². The van der Waals surface area contributed by atoms with Crippen molar-refractivity contribution in [2.45, 2.75) is 19.4 Å². The van der Waals surface area contributed by atoms with Crippen LogP contribution in [0.4, 0.5) is 10.2 Å². The molecule has 2 aromatic rings. The van der Waals surface area contributed by atoms with Crippen LogP contribution >= 0.6 is 0 Å². The molecule has 1 heterocycles. The second kappa shape index (κ2) is 5.09. The normalized spacial score (nSPS) is 13.8. The van der Waals surface area contributed by atoms with Crippen molar-refractivity contribution in [2.75, 3.05) is 12.8 Å². The SMILES string of the molecule is COc1cccc(F)c1C(C)(O)c1cc(C)cnc1N. The highest BCUT2D eigenvalue weighted by atomic mass is 19.1. The number of aliphatic hydroxyl groups is 1. The van der Waals surface area contributed by atoms with Gasteiger partial charge in [0.05, 0.1) is 12.7 Å². The van der Waals surface area contributed by atoms with Crippen LogP contribution in [0.25, 0.3) is 0 Å². The summed E-state index contributed by atoms with van der Waals surface area (Å²) in [6.45, 7) is 3.30. The number of methoxy groups -OCH3 is 1. The molecular weight excluding hydrogens is 259 g/mol. The summed E-state index contributed by atoms with van der Waals surface area (Å²) in [6, 6.07) is 6.07. The van der Waals surface area contributed by atoms with Gasteiger partial charge in [0.1, 0.15) is 23.0 Å². The van der Waals surface area contributed by atoms with Crippen molar-refractivity contribution in [1.82, 2.24) is 4.98 Å². The first kappa shape index (κ1) is 14.3. The van der Waals surface area contributed by atoms with Crippen molar-refractivity contribution in [1.29, 1.82) is 0 Å². The van der Waals surface area contributed by atoms with E-state index in [1.807, 2.05) is 6.92 Å². The number of nitrogens with two attached hydrogens (primary N) is 1. The molecule has 0 amide bonds. The van der Waals surface area contributed by atoms with Crippen molar-refractivity contribution in [3.05, 3.63) is 53.0 Å². The maximum atomic E-state index is 14.1. The molecule has 1 aromatic carbocycles. The highest BCUT2D eigenvalue weighted by Crippen LogP contribution is 2.39. The van der Waals surface area contributed by atoms with Gasteiger partial charge in [-0.05, 0) is 37.6 Å². The number of aromatic nitrogens is 1. The Morgan fingerprint density at radius 3 is 2.75 bits per heavy atom. The molecule has 0 aliphatic heterocycles. The van der Waals surface area contributed by atoms with Gasteiger partial charge in [-0.3, -0.25) is 0 Å². The lowest BCUT2D eigenvalue weighted by atomic mass is 9.87. The number of ether oxygens (including phenoxy) is 1. The third-order valence-corrected chi connectivity index (χ3v) is 3.26. The molecule has 0 fully saturated rings. The number of anilines is 1. The average molecular weight is 276 g/mol. The molecule has 4 nitrogen and oxygen atoms in total. The molecule has 0 spiro atoms. The zero-order valence-corrected chi connectivity index (χ0v) is 11.6. The van der Waals surface area contributed by atoms with Crippen molar-refractivity contribution in [2.24, 2.45) is 0 Å². The Labute approximate surface area is 117 Å². The first-order chi connectivity index (χ1) is 9.37. The number of benzene rings is 1. The first-order valence-electron chi connectivity index (χ1n) is 6.16. The summed E-state index contributed by atoms with van der Waals surface area (Å²) >= 11 is 0. The van der Waals surface area contributed by atoms with E-state index in [0.29, 0.717) is 5.56 Å². The number of nitrogen functional groups attached to an aromatic ring is 1. The molecule has 0 aliphatic rings. The molecule has 0 saturated carbocycles. The molecule has 5 heteroatoms. The molecule has 0 radical (unpaired) electrons. The number of hydrogen-bond acceptors (Lipinski definition) is 4. The fourth-order valence-electron chi connectivity index (χ4n) is 2.25. The zero-order chi connectivity index (χ0) is 14.9. The molecule has 1 unspecified atom stereocenters. The minimum Gasteiger partial charge on any atom is -0.496 e. The van der Waals surface area contributed by atoms with E-state index < -0.39 is 11.4 Å². The van der Waals surface area contributed by atoms with Gasteiger partial charge < -0.3 is 15.6 Å². The first-order valence-corrected chi connectivity index (χ1v) is 6.16. The Morgan fingerprint density at radius 2 is 2.10 bits per heavy atom. The summed E-state index contributed by atoms with van der Waals surface area (Å²) in [6.07, 6.45) is 1.59. The van der Waals surface area contributed by atoms with Crippen LogP contribution in [0.1, 0.15) is 23.6 Å². The number of rotatable bonds is 3. The standard InChI is InChI=1S/C15H17FN2O2/c1-9-7-10(14(17)18-8-9)15(2,19)13-11(16)5-4-6-12(13)20-3/h4-8,19H,1-3H3,(H2,17,18). The highest BCUT2D eigenvalue weighted by molar-refractivity contribution is 5.52. The van der Waals surface area contributed by atoms with E-state index in [-0.39, 0.29) is 17.1 Å². The number of hydrogen-bond donors (Lipinski definition) is 2. The predicted octanol–water partition coefficient (Wildman–Crippen LogP) is 2.38. The summed E-state index contributed by atoms with van der Waals surface area (Å²) in [7, 11) is 1.42. The van der Waals surface area contributed by atoms with Crippen molar-refractivity contribution < 1.29 is 14.2 Å². The molecular formula is C15H17FN2O2. The van der Waals surface area contributed by atoms with E-state index in [9.17, 15) is 9.50 Å². The lowest BCUT2D eigenvalue weighted by Gasteiger charge is -2.27. The minimum absolute atomic E-state index is 0.0431. The summed E-state index contributed by atoms with van der Waals surface area (Å²) < 4.78 is 19.3. The van der Waals surface area contributed by atoms with Gasteiger partial charge in [0.2, 0.25) is 0 Å². The smallest absolute Gasteiger partial charge is 0.133 e. The summed E-state index contributed by atoms with van der Waals surface area (Å²) in [5.74, 6) is -0.142. The van der Waals surface area contributed by atoms with Crippen LogP contribution in [0.5, 0.6) is 5.75 Å². The van der Waals surface area contributed by atoms with Gasteiger partial charge in [0, 0.05) is 11.8 Å². The van der Waals surface area contributed by atoms with Gasteiger partial charge in [-0.1, -0.05) is 6.07 Å². The molecule has 1 aromatic heterocycles. The maximum absolute atomic E-state index is 14.1. The summed E-state index contributed by atoms with van der Waals surface area (Å²) in [5.41, 5.74) is 5.40.